The number of aliphatic hydroxyl groups is 1. The summed E-state index contributed by atoms with van der Waals surface area (Å²) in [5, 5.41) is 22.9. The van der Waals surface area contributed by atoms with Crippen molar-refractivity contribution in [2.75, 3.05) is 26.1 Å². The van der Waals surface area contributed by atoms with Gasteiger partial charge in [-0.25, -0.2) is 24.4 Å². The molecule has 0 aliphatic heterocycles. The molecule has 1 aliphatic carbocycles. The summed E-state index contributed by atoms with van der Waals surface area (Å²) < 4.78 is 7.39. The molecule has 0 aromatic carbocycles. The van der Waals surface area contributed by atoms with E-state index in [2.05, 4.69) is 37.1 Å². The van der Waals surface area contributed by atoms with Gasteiger partial charge >= 0.3 is 0 Å². The number of ether oxygens (including phenoxy) is 1. The first-order valence-corrected chi connectivity index (χ1v) is 10.0. The van der Waals surface area contributed by atoms with Gasteiger partial charge in [0.2, 0.25) is 0 Å². The van der Waals surface area contributed by atoms with E-state index in [-0.39, 0.29) is 36.6 Å². The number of aliphatic hydroxyl groups excluding tert-OH is 1. The summed E-state index contributed by atoms with van der Waals surface area (Å²) in [4.78, 5) is 18.6. The maximum absolute atomic E-state index is 9.03. The molecule has 0 saturated heterocycles. The molecule has 1 N–H and O–H groups in total. The van der Waals surface area contributed by atoms with Crippen molar-refractivity contribution in [2.24, 2.45) is 0 Å². The Morgan fingerprint density at radius 1 is 1.30 bits per heavy atom. The molecule has 1 saturated carbocycles. The minimum Gasteiger partial charge on any atom is -0.394 e. The van der Waals surface area contributed by atoms with Crippen LogP contribution < -0.4 is 0 Å². The predicted octanol–water partition coefficient (Wildman–Crippen LogP) is 1.97. The zero-order valence-corrected chi connectivity index (χ0v) is 16.6. The van der Waals surface area contributed by atoms with Crippen LogP contribution in [0, 0.1) is 0 Å². The first-order chi connectivity index (χ1) is 13.2. The minimum absolute atomic E-state index is 0.0773. The molecule has 0 amide bonds. The third-order valence-electron chi connectivity index (χ3n) is 4.12. The summed E-state index contributed by atoms with van der Waals surface area (Å²) in [6, 6.07) is -0.0841. The molecule has 3 unspecified atom stereocenters. The van der Waals surface area contributed by atoms with Crippen LogP contribution in [0.1, 0.15) is 32.2 Å². The van der Waals surface area contributed by atoms with Gasteiger partial charge in [0, 0.05) is 12.2 Å². The van der Waals surface area contributed by atoms with Crippen LogP contribution in [0.5, 0.6) is 0 Å². The van der Waals surface area contributed by atoms with Crippen LogP contribution in [-0.2, 0) is 19.6 Å². The zero-order chi connectivity index (χ0) is 19.2. The van der Waals surface area contributed by atoms with Crippen molar-refractivity contribution >= 4 is 34.5 Å². The fraction of sp³-hybridized carbons (Fsp3) is 0.733. The predicted molar refractivity (Wildman–Crippen MR) is 97.2 cm³/mol. The van der Waals surface area contributed by atoms with Crippen molar-refractivity contribution in [1.82, 2.24) is 25.0 Å². The van der Waals surface area contributed by atoms with Gasteiger partial charge < -0.3 is 9.84 Å². The van der Waals surface area contributed by atoms with Crippen molar-refractivity contribution in [3.8, 4) is 0 Å². The summed E-state index contributed by atoms with van der Waals surface area (Å²) >= 11 is 7.80. The number of aromatic nitrogens is 5. The average Bonchev–Trinajstić information content (AvgIpc) is 3.27. The lowest BCUT2D eigenvalue weighted by Crippen LogP contribution is -2.27. The van der Waals surface area contributed by atoms with Crippen LogP contribution in [-0.4, -0.2) is 68.4 Å². The highest BCUT2D eigenvalue weighted by atomic mass is 35.5. The SMILES string of the molecule is CCCSc1nc(Cl)c2nnn(C3CC(OCCO)C(OOOC)C3)c2n1. The van der Waals surface area contributed by atoms with E-state index >= 15 is 0 Å². The Balaban J connectivity index is 1.84. The Bertz CT molecular complexity index is 735. The number of fused-ring (bicyclic) bond motifs is 1. The highest BCUT2D eigenvalue weighted by Gasteiger charge is 2.39. The topological polar surface area (TPSA) is 114 Å². The summed E-state index contributed by atoms with van der Waals surface area (Å²) in [6.45, 7) is 2.21. The fourth-order valence-electron chi connectivity index (χ4n) is 2.99. The largest absolute Gasteiger partial charge is 0.394 e. The summed E-state index contributed by atoms with van der Waals surface area (Å²) in [5.41, 5.74) is 1.04. The van der Waals surface area contributed by atoms with Crippen molar-refractivity contribution in [1.29, 1.82) is 0 Å². The van der Waals surface area contributed by atoms with Gasteiger partial charge in [0.25, 0.3) is 0 Å². The Kier molecular flexibility index (Phi) is 7.58. The number of nitrogens with zero attached hydrogens (tertiary/aromatic N) is 5. The molecule has 2 aromatic heterocycles. The Hall–Kier alpha value is -1.08. The van der Waals surface area contributed by atoms with Crippen LogP contribution in [0.3, 0.4) is 0 Å². The maximum atomic E-state index is 9.03. The van der Waals surface area contributed by atoms with Crippen LogP contribution in [0.4, 0.5) is 0 Å². The van der Waals surface area contributed by atoms with Crippen molar-refractivity contribution in [2.45, 2.75) is 49.6 Å². The Morgan fingerprint density at radius 2 is 2.11 bits per heavy atom. The lowest BCUT2D eigenvalue weighted by atomic mass is 10.2. The first-order valence-electron chi connectivity index (χ1n) is 8.67. The van der Waals surface area contributed by atoms with Gasteiger partial charge in [-0.3, -0.25) is 0 Å². The van der Waals surface area contributed by atoms with Crippen molar-refractivity contribution < 1.29 is 24.7 Å². The molecule has 0 radical (unpaired) electrons. The normalized spacial score (nSPS) is 22.7. The molecule has 2 aromatic rings. The molecular weight excluding hydrogens is 398 g/mol. The van der Waals surface area contributed by atoms with E-state index in [1.165, 1.54) is 18.9 Å². The van der Waals surface area contributed by atoms with E-state index in [0.29, 0.717) is 29.2 Å². The molecule has 150 valence electrons. The standard InChI is InChI=1S/C15H22ClN5O5S/c1-3-6-27-15-17-13(16)12-14(18-15)21(20-19-12)9-7-10(24-5-4-22)11(8-9)25-26-23-2/h9-11,22H,3-8H2,1-2H3. The number of thioether (sulfide) groups is 1. The van der Waals surface area contributed by atoms with Gasteiger partial charge in [0.15, 0.2) is 21.5 Å². The second kappa shape index (κ2) is 9.92. The molecule has 0 bridgehead atoms. The van der Waals surface area contributed by atoms with Crippen LogP contribution >= 0.6 is 23.4 Å². The zero-order valence-electron chi connectivity index (χ0n) is 15.1. The van der Waals surface area contributed by atoms with Crippen molar-refractivity contribution in [3.05, 3.63) is 5.15 Å². The quantitative estimate of drug-likeness (QED) is 0.201. The molecule has 3 rings (SSSR count). The van der Waals surface area contributed by atoms with Gasteiger partial charge in [-0.15, -0.1) is 5.10 Å². The lowest BCUT2D eigenvalue weighted by Gasteiger charge is -2.17. The molecule has 27 heavy (non-hydrogen) atoms. The van der Waals surface area contributed by atoms with Crippen LogP contribution in [0.15, 0.2) is 5.16 Å². The minimum atomic E-state index is -0.382. The second-order valence-corrected chi connectivity index (χ2v) is 7.40. The summed E-state index contributed by atoms with van der Waals surface area (Å²) in [6.07, 6.45) is 1.48. The number of hydrogen-bond donors (Lipinski definition) is 1. The average molecular weight is 420 g/mol. The number of rotatable bonds is 10. The Morgan fingerprint density at radius 3 is 2.85 bits per heavy atom. The molecule has 2 heterocycles. The van der Waals surface area contributed by atoms with Gasteiger partial charge in [-0.1, -0.05) is 40.5 Å². The smallest absolute Gasteiger partial charge is 0.191 e. The monoisotopic (exact) mass is 419 g/mol. The Labute approximate surface area is 165 Å². The highest BCUT2D eigenvalue weighted by molar-refractivity contribution is 7.99. The van der Waals surface area contributed by atoms with Gasteiger partial charge in [0.05, 0.1) is 32.5 Å². The van der Waals surface area contributed by atoms with Crippen LogP contribution in [0.2, 0.25) is 5.15 Å². The third kappa shape index (κ3) is 4.86. The van der Waals surface area contributed by atoms with Crippen LogP contribution in [0.25, 0.3) is 11.2 Å². The fourth-order valence-corrected chi connectivity index (χ4v) is 3.93. The molecular formula is C15H22ClN5O5S. The molecule has 0 spiro atoms. The van der Waals surface area contributed by atoms with E-state index in [1.54, 1.807) is 4.68 Å². The molecule has 12 heteroatoms. The molecule has 10 nitrogen and oxygen atoms in total. The second-order valence-electron chi connectivity index (χ2n) is 5.98. The summed E-state index contributed by atoms with van der Waals surface area (Å²) in [7, 11) is 1.36. The van der Waals surface area contributed by atoms with Gasteiger partial charge in [0.1, 0.15) is 6.10 Å². The van der Waals surface area contributed by atoms with E-state index < -0.39 is 0 Å². The maximum Gasteiger partial charge on any atom is 0.191 e. The van der Waals surface area contributed by atoms with E-state index in [1.807, 2.05) is 0 Å². The number of hydrogen-bond acceptors (Lipinski definition) is 10. The van der Waals surface area contributed by atoms with E-state index in [9.17, 15) is 0 Å². The highest BCUT2D eigenvalue weighted by Crippen LogP contribution is 2.36. The van der Waals surface area contributed by atoms with E-state index in [4.69, 9.17) is 26.3 Å². The molecule has 3 atom stereocenters. The summed E-state index contributed by atoms with van der Waals surface area (Å²) in [5.74, 6) is 0.897. The van der Waals surface area contributed by atoms with Gasteiger partial charge in [-0.05, 0) is 12.8 Å². The van der Waals surface area contributed by atoms with Gasteiger partial charge in [-0.2, -0.15) is 0 Å². The van der Waals surface area contributed by atoms with Crippen molar-refractivity contribution in [3.63, 3.8) is 0 Å². The molecule has 1 fully saturated rings. The number of halogens is 1. The lowest BCUT2D eigenvalue weighted by molar-refractivity contribution is -0.520. The molecule has 1 aliphatic rings. The van der Waals surface area contributed by atoms with E-state index in [0.717, 1.165) is 12.2 Å². The third-order valence-corrected chi connectivity index (χ3v) is 5.44. The first kappa shape index (κ1) is 20.6.